The summed E-state index contributed by atoms with van der Waals surface area (Å²) in [6.07, 6.45) is 5.22. The number of fused-ring (bicyclic) bond motifs is 2. The number of benzene rings is 3. The van der Waals surface area contributed by atoms with Gasteiger partial charge < -0.3 is 14.7 Å². The van der Waals surface area contributed by atoms with E-state index in [1.165, 1.54) is 0 Å². The van der Waals surface area contributed by atoms with Crippen molar-refractivity contribution in [2.75, 3.05) is 42.5 Å². The van der Waals surface area contributed by atoms with E-state index >= 15 is 0 Å². The number of halogens is 1. The third-order valence-electron chi connectivity index (χ3n) is 13.6. The third-order valence-corrected chi connectivity index (χ3v) is 13.9. The van der Waals surface area contributed by atoms with Crippen LogP contribution in [0, 0.1) is 12.0 Å². The number of imide groups is 2. The van der Waals surface area contributed by atoms with Crippen LogP contribution in [0.4, 0.5) is 17.1 Å². The largest absolute Gasteiger partial charge is 0.371 e. The maximum absolute atomic E-state index is 13.6. The lowest BCUT2D eigenvalue weighted by Gasteiger charge is -2.44. The maximum atomic E-state index is 13.6. The summed E-state index contributed by atoms with van der Waals surface area (Å²) in [4.78, 5) is 78.1. The molecule has 0 bridgehead atoms. The average Bonchev–Trinajstić information content (AvgIpc) is 3.85. The van der Waals surface area contributed by atoms with Gasteiger partial charge >= 0.3 is 0 Å². The van der Waals surface area contributed by atoms with Crippen molar-refractivity contribution in [1.82, 2.24) is 20.0 Å². The first kappa shape index (κ1) is 36.4. The SMILES string of the molecule is [C-]#[N+]c1ccc(N2CCC3(CCN(c4ccc(C(=O)N5CCC(N6Cc7cc8c(cc7C6)C(=O)N(C6CCC(=O)NC6=O)C8=O)CC5)cc4)CC3)[C@H]2C)cc1Cl. The molecule has 2 atom stereocenters. The van der Waals surface area contributed by atoms with Crippen molar-refractivity contribution in [1.29, 1.82) is 0 Å². The maximum Gasteiger partial charge on any atom is 0.262 e. The number of carbonyl (C=O) groups excluding carboxylic acids is 5. The van der Waals surface area contributed by atoms with Crippen LogP contribution in [0.15, 0.2) is 54.6 Å². The Hall–Kier alpha value is -5.25. The number of hydrogen-bond acceptors (Lipinski definition) is 8. The second-order valence-corrected chi connectivity index (χ2v) is 16.7. The molecule has 4 fully saturated rings. The van der Waals surface area contributed by atoms with Gasteiger partial charge in [-0.1, -0.05) is 17.7 Å². The predicted octanol–water partition coefficient (Wildman–Crippen LogP) is 5.80. The summed E-state index contributed by atoms with van der Waals surface area (Å²) in [6.45, 7) is 15.2. The lowest BCUT2D eigenvalue weighted by atomic mass is 9.73. The fraction of sp³-hybridized carbons (Fsp3) is 0.442. The van der Waals surface area contributed by atoms with Crippen LogP contribution in [0.25, 0.3) is 4.85 Å². The van der Waals surface area contributed by atoms with E-state index in [0.29, 0.717) is 59.6 Å². The molecule has 13 heteroatoms. The minimum absolute atomic E-state index is 0.0516. The van der Waals surface area contributed by atoms with Crippen LogP contribution >= 0.6 is 11.6 Å². The van der Waals surface area contributed by atoms with Gasteiger partial charge in [-0.05, 0) is 111 Å². The molecular weight excluding hydrogens is 730 g/mol. The molecule has 0 saturated carbocycles. The summed E-state index contributed by atoms with van der Waals surface area (Å²) >= 11 is 6.38. The minimum atomic E-state index is -0.974. The Morgan fingerprint density at radius 3 is 2.05 bits per heavy atom. The average molecular weight is 774 g/mol. The molecule has 9 rings (SSSR count). The van der Waals surface area contributed by atoms with E-state index in [2.05, 4.69) is 43.9 Å². The molecule has 1 spiro atoms. The molecule has 56 heavy (non-hydrogen) atoms. The summed E-state index contributed by atoms with van der Waals surface area (Å²) in [5.41, 5.74) is 6.31. The van der Waals surface area contributed by atoms with Gasteiger partial charge in [0, 0.05) is 86.3 Å². The fourth-order valence-corrected chi connectivity index (χ4v) is 10.4. The van der Waals surface area contributed by atoms with Gasteiger partial charge in [0.1, 0.15) is 6.04 Å². The summed E-state index contributed by atoms with van der Waals surface area (Å²) in [5.74, 6) is -1.91. The highest BCUT2D eigenvalue weighted by atomic mass is 35.5. The molecule has 6 heterocycles. The normalized spacial score (nSPS) is 23.8. The number of nitrogens with one attached hydrogen (secondary N) is 1. The van der Waals surface area contributed by atoms with Crippen molar-refractivity contribution in [2.45, 2.75) is 83.1 Å². The number of amides is 5. The topological polar surface area (TPSA) is 118 Å². The third kappa shape index (κ3) is 6.12. The predicted molar refractivity (Wildman–Crippen MR) is 211 cm³/mol. The van der Waals surface area contributed by atoms with Gasteiger partial charge in [-0.25, -0.2) is 4.85 Å². The van der Waals surface area contributed by atoms with Gasteiger partial charge in [0.15, 0.2) is 0 Å². The zero-order chi connectivity index (χ0) is 38.9. The van der Waals surface area contributed by atoms with Gasteiger partial charge in [0.2, 0.25) is 17.5 Å². The van der Waals surface area contributed by atoms with E-state index in [-0.39, 0.29) is 30.2 Å². The fourth-order valence-electron chi connectivity index (χ4n) is 10.2. The van der Waals surface area contributed by atoms with Crippen LogP contribution in [-0.4, -0.2) is 95.1 Å². The number of piperidine rings is 3. The zero-order valence-electron chi connectivity index (χ0n) is 31.4. The van der Waals surface area contributed by atoms with E-state index in [1.54, 1.807) is 12.1 Å². The smallest absolute Gasteiger partial charge is 0.262 e. The van der Waals surface area contributed by atoms with Crippen LogP contribution in [-0.2, 0) is 22.7 Å². The van der Waals surface area contributed by atoms with Gasteiger partial charge in [-0.3, -0.25) is 39.1 Å². The number of hydrogen-bond donors (Lipinski definition) is 1. The van der Waals surface area contributed by atoms with Crippen LogP contribution in [0.1, 0.15) is 94.1 Å². The molecule has 12 nitrogen and oxygen atoms in total. The Bertz CT molecular complexity index is 2160. The molecule has 4 saturated heterocycles. The molecule has 0 aliphatic carbocycles. The quantitative estimate of drug-likeness (QED) is 0.256. The summed E-state index contributed by atoms with van der Waals surface area (Å²) in [7, 11) is 0. The van der Waals surface area contributed by atoms with E-state index in [0.717, 1.165) is 79.1 Å². The molecule has 0 radical (unpaired) electrons. The van der Waals surface area contributed by atoms with Crippen molar-refractivity contribution < 1.29 is 24.0 Å². The first-order valence-electron chi connectivity index (χ1n) is 19.7. The van der Waals surface area contributed by atoms with Crippen LogP contribution < -0.4 is 15.1 Å². The molecule has 3 aromatic carbocycles. The number of carbonyl (C=O) groups is 5. The molecule has 5 amide bonds. The second kappa shape index (κ2) is 14.0. The highest BCUT2D eigenvalue weighted by Crippen LogP contribution is 2.48. The Labute approximate surface area is 331 Å². The van der Waals surface area contributed by atoms with Gasteiger partial charge in [0.25, 0.3) is 17.7 Å². The van der Waals surface area contributed by atoms with Gasteiger partial charge in [0.05, 0.1) is 17.7 Å². The van der Waals surface area contributed by atoms with E-state index < -0.39 is 29.7 Å². The number of nitrogens with zero attached hydrogens (tertiary/aromatic N) is 6. The summed E-state index contributed by atoms with van der Waals surface area (Å²) in [6, 6.07) is 17.2. The Balaban J connectivity index is 0.768. The monoisotopic (exact) mass is 773 g/mol. The van der Waals surface area contributed by atoms with Gasteiger partial charge in [-0.15, -0.1) is 0 Å². The first-order chi connectivity index (χ1) is 27.0. The van der Waals surface area contributed by atoms with E-state index in [4.69, 9.17) is 18.2 Å². The Morgan fingerprint density at radius 2 is 1.45 bits per heavy atom. The lowest BCUT2D eigenvalue weighted by Crippen LogP contribution is -2.54. The minimum Gasteiger partial charge on any atom is -0.371 e. The standard InChI is InChI=1S/C43H44ClN7O5/c1-26-43(15-20-50(26)32-7-8-36(45-2)35(44)23-32)13-18-47(19-14-43)30-5-3-27(4-6-30)40(54)48-16-11-31(12-17-48)49-24-28-21-33-34(22-29(28)25-49)42(56)51(41(33)55)37-9-10-38(52)46-39(37)53/h3-8,21-23,26,31,37H,9-20,24-25H2,1H3,(H,46,52,53)/t26-,37?/m1/s1. The van der Waals surface area contributed by atoms with Gasteiger partial charge in [-0.2, -0.15) is 0 Å². The molecule has 3 aromatic rings. The summed E-state index contributed by atoms with van der Waals surface area (Å²) < 4.78 is 0. The zero-order valence-corrected chi connectivity index (χ0v) is 32.2. The molecule has 6 aliphatic heterocycles. The van der Waals surface area contributed by atoms with Crippen molar-refractivity contribution in [2.24, 2.45) is 5.41 Å². The Kier molecular flexibility index (Phi) is 9.13. The molecule has 1 N–H and O–H groups in total. The highest BCUT2D eigenvalue weighted by Gasteiger charge is 2.47. The lowest BCUT2D eigenvalue weighted by molar-refractivity contribution is -0.136. The molecule has 0 aromatic heterocycles. The van der Waals surface area contributed by atoms with Crippen molar-refractivity contribution in [3.8, 4) is 0 Å². The molecule has 6 aliphatic rings. The summed E-state index contributed by atoms with van der Waals surface area (Å²) in [5, 5.41) is 2.75. The van der Waals surface area contributed by atoms with Crippen molar-refractivity contribution in [3.63, 3.8) is 0 Å². The van der Waals surface area contributed by atoms with Crippen LogP contribution in [0.5, 0.6) is 0 Å². The molecular formula is C43H44ClN7O5. The van der Waals surface area contributed by atoms with Crippen molar-refractivity contribution in [3.05, 3.63) is 98.9 Å². The number of likely N-dealkylation sites (tertiary alicyclic amines) is 1. The number of anilines is 2. The molecule has 1 unspecified atom stereocenters. The molecule has 288 valence electrons. The van der Waals surface area contributed by atoms with E-state index in [9.17, 15) is 24.0 Å². The van der Waals surface area contributed by atoms with E-state index in [1.807, 2.05) is 35.2 Å². The van der Waals surface area contributed by atoms with Crippen molar-refractivity contribution >= 4 is 58.2 Å². The first-order valence-corrected chi connectivity index (χ1v) is 20.1. The van der Waals surface area contributed by atoms with Crippen LogP contribution in [0.3, 0.4) is 0 Å². The highest BCUT2D eigenvalue weighted by molar-refractivity contribution is 6.33. The van der Waals surface area contributed by atoms with Crippen LogP contribution in [0.2, 0.25) is 5.02 Å². The second-order valence-electron chi connectivity index (χ2n) is 16.3. The number of rotatable bonds is 5. The Morgan fingerprint density at radius 1 is 0.821 bits per heavy atom.